The van der Waals surface area contributed by atoms with Gasteiger partial charge in [0.15, 0.2) is 0 Å². The number of carbonyl (C=O) groups is 3. The van der Waals surface area contributed by atoms with Gasteiger partial charge >= 0.3 is 17.9 Å². The molecule has 2 aromatic carbocycles. The summed E-state index contributed by atoms with van der Waals surface area (Å²) in [5, 5.41) is 36.1. The van der Waals surface area contributed by atoms with Gasteiger partial charge in [-0.3, -0.25) is 32.7 Å². The standard InChI is InChI=1S/C21H17N3O3.C20H16F2N2O3.C19H17N3O3/c1-11-15(13-4-5-18-14(8-13)10-22-23-18)6-7-24-19(11)16(12-2-3-12)9-17(20(24)25)21(26)27;1-9-11(13-7-16(22)17(23)8-15(13)21)4-5-24-18(9)12(10-2-3-10)6-14(19(24)25)20(26)27;1-10-13(12-4-5-16(20)21-9-12)6-7-22-17(10)14(11-2-3-11)8-15(18(22)23)19(24)25/h4-10,12H,2-3H2,1H3,(H,22,23)(H,26,27);4-8,10H,2-3,23H2,1H3,(H,26,27);4-9,11H,2-3H2,1H3,(H2,20,21)(H,24,25). The number of hydrogen-bond donors (Lipinski definition) is 6. The van der Waals surface area contributed by atoms with Crippen LogP contribution >= 0.6 is 0 Å². The number of hydrogen-bond acceptors (Lipinski definition) is 10. The van der Waals surface area contributed by atoms with Gasteiger partial charge in [-0.25, -0.2) is 28.1 Å². The van der Waals surface area contributed by atoms with Crippen LogP contribution in [0.25, 0.3) is 60.8 Å². The molecule has 0 spiro atoms. The van der Waals surface area contributed by atoms with Crippen LogP contribution in [0.1, 0.15) is 121 Å². The fourth-order valence-corrected chi connectivity index (χ4v) is 10.7. The molecule has 0 atom stereocenters. The SMILES string of the molecule is Cc1c(-c2cc(F)c(N)cc2F)ccn2c(=O)c(C(=O)O)cc(C3CC3)c12.Cc1c(-c2ccc(N)nc2)ccn2c(=O)c(C(=O)O)cc(C3CC3)c12.Cc1c(-c2ccc3[nH]ncc3c2)ccn2c(=O)c(C(=O)O)cc(C3CC3)c12. The number of nitrogens with zero attached hydrogens (tertiary/aromatic N) is 5. The Morgan fingerprint density at radius 1 is 0.532 bits per heavy atom. The summed E-state index contributed by atoms with van der Waals surface area (Å²) in [6, 6.07) is 21.4. The van der Waals surface area contributed by atoms with Gasteiger partial charge in [-0.2, -0.15) is 5.10 Å². The van der Waals surface area contributed by atoms with E-state index in [2.05, 4.69) is 21.2 Å². The lowest BCUT2D eigenvalue weighted by Gasteiger charge is -2.16. The van der Waals surface area contributed by atoms with Crippen molar-refractivity contribution in [1.82, 2.24) is 28.4 Å². The molecule has 0 radical (unpaired) electrons. The Balaban J connectivity index is 0.000000125. The van der Waals surface area contributed by atoms with E-state index < -0.39 is 46.2 Å². The lowest BCUT2D eigenvalue weighted by molar-refractivity contribution is 0.0683. The molecule has 79 heavy (non-hydrogen) atoms. The second kappa shape index (κ2) is 19.7. The van der Waals surface area contributed by atoms with Gasteiger partial charge in [-0.1, -0.05) is 6.07 Å². The molecular weight excluding hydrogens is 1010 g/mol. The number of carboxylic acids is 3. The lowest BCUT2D eigenvalue weighted by atomic mass is 9.96. The van der Waals surface area contributed by atoms with Gasteiger partial charge in [-0.05, 0) is 199 Å². The normalized spacial score (nSPS) is 14.0. The average Bonchev–Trinajstić information content (AvgIpc) is 4.46. The first-order valence-corrected chi connectivity index (χ1v) is 25.5. The molecule has 3 fully saturated rings. The molecular formula is C60H50F2N8O9. The van der Waals surface area contributed by atoms with Crippen LogP contribution in [0.15, 0.2) is 124 Å². The predicted molar refractivity (Wildman–Crippen MR) is 295 cm³/mol. The largest absolute Gasteiger partial charge is 0.477 e. The second-order valence-corrected chi connectivity index (χ2v) is 20.4. The van der Waals surface area contributed by atoms with Crippen molar-refractivity contribution >= 4 is 56.9 Å². The van der Waals surface area contributed by atoms with Crippen molar-refractivity contribution in [2.24, 2.45) is 0 Å². The fourth-order valence-electron chi connectivity index (χ4n) is 10.7. The molecule has 0 aliphatic heterocycles. The summed E-state index contributed by atoms with van der Waals surface area (Å²) in [7, 11) is 0. The monoisotopic (exact) mass is 1060 g/mol. The topological polar surface area (TPSA) is 270 Å². The van der Waals surface area contributed by atoms with Crippen molar-refractivity contribution in [3.8, 4) is 33.4 Å². The Hall–Kier alpha value is -9.78. The minimum absolute atomic E-state index is 0.0400. The highest BCUT2D eigenvalue weighted by molar-refractivity contribution is 5.92. The van der Waals surface area contributed by atoms with Crippen molar-refractivity contribution < 1.29 is 38.5 Å². The van der Waals surface area contributed by atoms with Crippen LogP contribution in [0.2, 0.25) is 0 Å². The molecule has 10 aromatic rings. The van der Waals surface area contributed by atoms with E-state index in [4.69, 9.17) is 11.5 Å². The molecule has 8 aromatic heterocycles. The number of carboxylic acid groups (broad SMARTS) is 3. The van der Waals surface area contributed by atoms with Crippen LogP contribution in [0.3, 0.4) is 0 Å². The van der Waals surface area contributed by atoms with Crippen molar-refractivity contribution in [3.63, 3.8) is 0 Å². The van der Waals surface area contributed by atoms with E-state index in [1.54, 1.807) is 49.9 Å². The number of rotatable bonds is 9. The molecule has 0 unspecified atom stereocenters. The van der Waals surface area contributed by atoms with E-state index in [1.165, 1.54) is 31.5 Å². The van der Waals surface area contributed by atoms with E-state index in [9.17, 15) is 52.9 Å². The number of nitrogen functional groups attached to an aromatic ring is 2. The highest BCUT2D eigenvalue weighted by atomic mass is 19.1. The summed E-state index contributed by atoms with van der Waals surface area (Å²) in [4.78, 5) is 76.3. The van der Waals surface area contributed by atoms with Gasteiger partial charge < -0.3 is 26.8 Å². The van der Waals surface area contributed by atoms with Gasteiger partial charge in [0.05, 0.1) is 34.0 Å². The minimum Gasteiger partial charge on any atom is -0.477 e. The predicted octanol–water partition coefficient (Wildman–Crippen LogP) is 10.3. The average molecular weight is 1070 g/mol. The highest BCUT2D eigenvalue weighted by Gasteiger charge is 2.32. The third-order valence-corrected chi connectivity index (χ3v) is 15.2. The van der Waals surface area contributed by atoms with Crippen LogP contribution in [0.5, 0.6) is 0 Å². The van der Waals surface area contributed by atoms with Crippen LogP contribution in [0, 0.1) is 32.4 Å². The van der Waals surface area contributed by atoms with E-state index in [-0.39, 0.29) is 33.9 Å². The number of anilines is 2. The third kappa shape index (κ3) is 9.31. The molecule has 19 heteroatoms. The highest BCUT2D eigenvalue weighted by Crippen LogP contribution is 2.46. The summed E-state index contributed by atoms with van der Waals surface area (Å²) in [6.07, 6.45) is 14.1. The Morgan fingerprint density at radius 2 is 0.962 bits per heavy atom. The molecule has 17 nitrogen and oxygen atoms in total. The zero-order valence-electron chi connectivity index (χ0n) is 42.8. The number of halogens is 2. The van der Waals surface area contributed by atoms with Gasteiger partial charge in [0, 0.05) is 47.4 Å². The van der Waals surface area contributed by atoms with Gasteiger partial charge in [0.2, 0.25) is 0 Å². The summed E-state index contributed by atoms with van der Waals surface area (Å²) in [5.74, 6) is -3.82. The number of benzene rings is 2. The number of aryl methyl sites for hydroxylation is 3. The zero-order chi connectivity index (χ0) is 55.9. The van der Waals surface area contributed by atoms with Gasteiger partial charge in [0.25, 0.3) is 16.7 Å². The number of aromatic nitrogens is 6. The van der Waals surface area contributed by atoms with Crippen LogP contribution in [0.4, 0.5) is 20.3 Å². The molecule has 3 saturated carbocycles. The number of fused-ring (bicyclic) bond motifs is 4. The smallest absolute Gasteiger partial charge is 0.341 e. The minimum atomic E-state index is -1.29. The summed E-state index contributed by atoms with van der Waals surface area (Å²) in [5.41, 5.74) is 21.2. The maximum Gasteiger partial charge on any atom is 0.341 e. The zero-order valence-corrected chi connectivity index (χ0v) is 42.8. The number of nitrogens with two attached hydrogens (primary N) is 2. The summed E-state index contributed by atoms with van der Waals surface area (Å²) in [6.45, 7) is 5.66. The molecule has 8 heterocycles. The summed E-state index contributed by atoms with van der Waals surface area (Å²) < 4.78 is 32.6. The fraction of sp³-hybridized carbons (Fsp3) is 0.200. The number of H-pyrrole nitrogens is 1. The number of nitrogens with one attached hydrogen (secondary N) is 1. The molecule has 13 rings (SSSR count). The Morgan fingerprint density at radius 3 is 1.39 bits per heavy atom. The van der Waals surface area contributed by atoms with E-state index in [1.807, 2.05) is 44.2 Å². The maximum absolute atomic E-state index is 14.4. The first-order chi connectivity index (χ1) is 37.8. The van der Waals surface area contributed by atoms with E-state index >= 15 is 0 Å². The van der Waals surface area contributed by atoms with E-state index in [0.717, 1.165) is 123 Å². The number of pyridine rings is 7. The first kappa shape index (κ1) is 51.3. The second-order valence-electron chi connectivity index (χ2n) is 20.4. The van der Waals surface area contributed by atoms with Crippen LogP contribution in [-0.2, 0) is 0 Å². The summed E-state index contributed by atoms with van der Waals surface area (Å²) >= 11 is 0. The quantitative estimate of drug-likeness (QED) is 0.0735. The van der Waals surface area contributed by atoms with Crippen molar-refractivity contribution in [2.75, 3.05) is 11.5 Å². The molecule has 3 aliphatic rings. The Bertz CT molecular complexity index is 4440. The van der Waals surface area contributed by atoms with Crippen molar-refractivity contribution in [3.05, 3.63) is 203 Å². The van der Waals surface area contributed by atoms with Crippen LogP contribution in [-0.4, -0.2) is 61.6 Å². The van der Waals surface area contributed by atoms with E-state index in [0.29, 0.717) is 34.3 Å². The van der Waals surface area contributed by atoms with Crippen LogP contribution < -0.4 is 28.1 Å². The molecule has 0 amide bonds. The Labute approximate surface area is 446 Å². The molecule has 398 valence electrons. The van der Waals surface area contributed by atoms with Crippen molar-refractivity contribution in [1.29, 1.82) is 0 Å². The number of aromatic carboxylic acids is 3. The molecule has 0 bridgehead atoms. The van der Waals surface area contributed by atoms with Gasteiger partial charge in [0.1, 0.15) is 34.1 Å². The molecule has 3 aliphatic carbocycles. The first-order valence-electron chi connectivity index (χ1n) is 25.5. The number of aromatic amines is 1. The third-order valence-electron chi connectivity index (χ3n) is 15.2. The Kier molecular flexibility index (Phi) is 12.8. The van der Waals surface area contributed by atoms with Crippen molar-refractivity contribution in [2.45, 2.75) is 77.0 Å². The maximum atomic E-state index is 14.4. The molecule has 0 saturated heterocycles. The van der Waals surface area contributed by atoms with Gasteiger partial charge in [-0.15, -0.1) is 0 Å². The molecule has 8 N–H and O–H groups in total. The lowest BCUT2D eigenvalue weighted by Crippen LogP contribution is -2.23.